The van der Waals surface area contributed by atoms with Crippen LogP contribution in [-0.2, 0) is 22.5 Å². The zero-order chi connectivity index (χ0) is 19.5. The zero-order valence-electron chi connectivity index (χ0n) is 15.7. The summed E-state index contributed by atoms with van der Waals surface area (Å²) in [5.41, 5.74) is 2.07. The van der Waals surface area contributed by atoms with Crippen LogP contribution in [0.2, 0.25) is 0 Å². The highest BCUT2D eigenvalue weighted by Crippen LogP contribution is 2.30. The first-order valence-electron chi connectivity index (χ1n) is 9.51. The quantitative estimate of drug-likeness (QED) is 0.768. The Hall–Kier alpha value is -2.52. The molecule has 2 aromatic heterocycles. The van der Waals surface area contributed by atoms with Gasteiger partial charge in [-0.1, -0.05) is 6.92 Å². The number of anilines is 2. The van der Waals surface area contributed by atoms with Gasteiger partial charge in [0.1, 0.15) is 10.8 Å². The van der Waals surface area contributed by atoms with E-state index in [9.17, 15) is 9.59 Å². The molecule has 2 aliphatic heterocycles. The van der Waals surface area contributed by atoms with E-state index in [1.165, 1.54) is 17.5 Å². The van der Waals surface area contributed by atoms with Crippen molar-refractivity contribution in [2.75, 3.05) is 29.9 Å². The lowest BCUT2D eigenvalue weighted by Gasteiger charge is -2.31. The van der Waals surface area contributed by atoms with E-state index in [0.29, 0.717) is 30.2 Å². The number of aromatic nitrogens is 2. The highest BCUT2D eigenvalue weighted by atomic mass is 32.1. The molecule has 8 nitrogen and oxygen atoms in total. The molecule has 0 radical (unpaired) electrons. The number of thiazole rings is 1. The first kappa shape index (κ1) is 18.8. The number of fused-ring (bicyclic) bond motifs is 1. The molecule has 1 saturated heterocycles. The van der Waals surface area contributed by atoms with E-state index in [-0.39, 0.29) is 24.5 Å². The van der Waals surface area contributed by atoms with Gasteiger partial charge in [0, 0.05) is 18.2 Å². The number of nitrogens with zero attached hydrogens (tertiary/aromatic N) is 3. The van der Waals surface area contributed by atoms with Gasteiger partial charge < -0.3 is 20.3 Å². The summed E-state index contributed by atoms with van der Waals surface area (Å²) >= 11 is 1.53. The van der Waals surface area contributed by atoms with Crippen molar-refractivity contribution in [3.05, 3.63) is 33.9 Å². The second-order valence-corrected chi connectivity index (χ2v) is 7.80. The molecular weight excluding hydrogens is 378 g/mol. The standard InChI is InChI=1S/C19H23N5O3S/c1-2-13-11-28-16(23-13)8-22-19(26)12-6-15-18(20-7-12)21-9-17(25)24(15)10-14-4-3-5-27-14/h6-7,11,14H,2-5,8-10H2,1H3,(H,20,21)(H,22,26). The maximum atomic E-state index is 12.6. The second-order valence-electron chi connectivity index (χ2n) is 6.85. The van der Waals surface area contributed by atoms with Crippen LogP contribution < -0.4 is 15.5 Å². The SMILES string of the molecule is CCc1csc(CNC(=O)c2cnc3c(c2)N(CC2CCCO2)C(=O)CN3)n1. The smallest absolute Gasteiger partial charge is 0.253 e. The van der Waals surface area contributed by atoms with Gasteiger partial charge in [-0.25, -0.2) is 9.97 Å². The van der Waals surface area contributed by atoms with Crippen molar-refractivity contribution in [3.8, 4) is 0 Å². The number of hydrogen-bond acceptors (Lipinski definition) is 7. The first-order chi connectivity index (χ1) is 13.6. The molecule has 0 spiro atoms. The van der Waals surface area contributed by atoms with Crippen molar-refractivity contribution in [2.24, 2.45) is 0 Å². The molecular formula is C19H23N5O3S. The maximum Gasteiger partial charge on any atom is 0.253 e. The molecule has 148 valence electrons. The monoisotopic (exact) mass is 401 g/mol. The van der Waals surface area contributed by atoms with E-state index < -0.39 is 0 Å². The maximum absolute atomic E-state index is 12.6. The second kappa shape index (κ2) is 8.24. The van der Waals surface area contributed by atoms with Gasteiger partial charge in [-0.2, -0.15) is 0 Å². The predicted molar refractivity (Wildman–Crippen MR) is 107 cm³/mol. The van der Waals surface area contributed by atoms with E-state index >= 15 is 0 Å². The van der Waals surface area contributed by atoms with Gasteiger partial charge in [0.25, 0.3) is 5.91 Å². The fourth-order valence-electron chi connectivity index (χ4n) is 3.35. The van der Waals surface area contributed by atoms with Crippen LogP contribution in [0.3, 0.4) is 0 Å². The molecule has 0 aromatic carbocycles. The fraction of sp³-hybridized carbons (Fsp3) is 0.474. The summed E-state index contributed by atoms with van der Waals surface area (Å²) in [6, 6.07) is 1.72. The Bertz CT molecular complexity index is 878. The normalized spacial score (nSPS) is 18.7. The van der Waals surface area contributed by atoms with Gasteiger partial charge in [-0.15, -0.1) is 11.3 Å². The lowest BCUT2D eigenvalue weighted by atomic mass is 10.1. The number of nitrogens with one attached hydrogen (secondary N) is 2. The predicted octanol–water partition coefficient (Wildman–Crippen LogP) is 1.97. The number of carbonyl (C=O) groups excluding carboxylic acids is 2. The summed E-state index contributed by atoms with van der Waals surface area (Å²) in [5.74, 6) is 0.331. The van der Waals surface area contributed by atoms with Crippen LogP contribution in [0.15, 0.2) is 17.6 Å². The van der Waals surface area contributed by atoms with Crippen LogP contribution in [0.1, 0.15) is 40.8 Å². The number of carbonyl (C=O) groups is 2. The molecule has 4 heterocycles. The van der Waals surface area contributed by atoms with Crippen molar-refractivity contribution < 1.29 is 14.3 Å². The Labute approximate surface area is 167 Å². The Balaban J connectivity index is 1.48. The molecule has 0 bridgehead atoms. The molecule has 9 heteroatoms. The lowest BCUT2D eigenvalue weighted by Crippen LogP contribution is -2.44. The molecule has 2 N–H and O–H groups in total. The van der Waals surface area contributed by atoms with Crippen molar-refractivity contribution >= 4 is 34.7 Å². The minimum absolute atomic E-state index is 0.0325. The van der Waals surface area contributed by atoms with E-state index in [0.717, 1.165) is 36.6 Å². The summed E-state index contributed by atoms with van der Waals surface area (Å²) in [4.78, 5) is 35.5. The summed E-state index contributed by atoms with van der Waals surface area (Å²) in [6.45, 7) is 3.83. The third kappa shape index (κ3) is 4.00. The van der Waals surface area contributed by atoms with E-state index in [4.69, 9.17) is 4.74 Å². The van der Waals surface area contributed by atoms with E-state index in [1.807, 2.05) is 12.3 Å². The molecule has 4 rings (SSSR count). The van der Waals surface area contributed by atoms with Crippen molar-refractivity contribution in [2.45, 2.75) is 38.8 Å². The zero-order valence-corrected chi connectivity index (χ0v) is 16.6. The molecule has 2 amide bonds. The average Bonchev–Trinajstić information content (AvgIpc) is 3.39. The Morgan fingerprint density at radius 2 is 2.39 bits per heavy atom. The Kier molecular flexibility index (Phi) is 5.54. The van der Waals surface area contributed by atoms with Gasteiger partial charge in [0.2, 0.25) is 5.91 Å². The summed E-state index contributed by atoms with van der Waals surface area (Å²) < 4.78 is 5.68. The van der Waals surface area contributed by atoms with Gasteiger partial charge in [-0.3, -0.25) is 9.59 Å². The molecule has 1 atom stereocenters. The number of rotatable bonds is 6. The van der Waals surface area contributed by atoms with Gasteiger partial charge in [0.15, 0.2) is 0 Å². The summed E-state index contributed by atoms with van der Waals surface area (Å²) in [6.07, 6.45) is 4.38. The van der Waals surface area contributed by atoms with E-state index in [1.54, 1.807) is 11.0 Å². The number of hydrogen-bond donors (Lipinski definition) is 2. The number of amides is 2. The van der Waals surface area contributed by atoms with Crippen LogP contribution in [0.4, 0.5) is 11.5 Å². The molecule has 1 fully saturated rings. The Morgan fingerprint density at radius 3 is 3.14 bits per heavy atom. The number of ether oxygens (including phenoxy) is 1. The number of aryl methyl sites for hydroxylation is 1. The van der Waals surface area contributed by atoms with E-state index in [2.05, 4.69) is 20.6 Å². The molecule has 0 saturated carbocycles. The van der Waals surface area contributed by atoms with Gasteiger partial charge >= 0.3 is 0 Å². The molecule has 0 aliphatic carbocycles. The highest BCUT2D eigenvalue weighted by Gasteiger charge is 2.29. The third-order valence-corrected chi connectivity index (χ3v) is 5.80. The van der Waals surface area contributed by atoms with Crippen LogP contribution >= 0.6 is 11.3 Å². The van der Waals surface area contributed by atoms with Crippen LogP contribution in [0.25, 0.3) is 0 Å². The average molecular weight is 401 g/mol. The van der Waals surface area contributed by atoms with Crippen molar-refractivity contribution in [3.63, 3.8) is 0 Å². The molecule has 1 unspecified atom stereocenters. The van der Waals surface area contributed by atoms with Crippen molar-refractivity contribution in [1.82, 2.24) is 15.3 Å². The highest BCUT2D eigenvalue weighted by molar-refractivity contribution is 7.09. The minimum Gasteiger partial charge on any atom is -0.376 e. The largest absolute Gasteiger partial charge is 0.376 e. The summed E-state index contributed by atoms with van der Waals surface area (Å²) in [5, 5.41) is 8.77. The van der Waals surface area contributed by atoms with Crippen molar-refractivity contribution in [1.29, 1.82) is 0 Å². The van der Waals surface area contributed by atoms with Gasteiger partial charge in [-0.05, 0) is 25.3 Å². The van der Waals surface area contributed by atoms with Crippen LogP contribution in [-0.4, -0.2) is 47.6 Å². The van der Waals surface area contributed by atoms with Crippen LogP contribution in [0.5, 0.6) is 0 Å². The Morgan fingerprint density at radius 1 is 1.50 bits per heavy atom. The topological polar surface area (TPSA) is 96.5 Å². The molecule has 2 aliphatic rings. The van der Waals surface area contributed by atoms with Gasteiger partial charge in [0.05, 0.1) is 42.7 Å². The molecule has 28 heavy (non-hydrogen) atoms. The lowest BCUT2D eigenvalue weighted by molar-refractivity contribution is -0.117. The molecule has 2 aromatic rings. The minimum atomic E-state index is -0.237. The summed E-state index contributed by atoms with van der Waals surface area (Å²) in [7, 11) is 0. The fourth-order valence-corrected chi connectivity index (χ4v) is 4.17. The van der Waals surface area contributed by atoms with Crippen LogP contribution in [0, 0.1) is 0 Å². The third-order valence-electron chi connectivity index (χ3n) is 4.90. The first-order valence-corrected chi connectivity index (χ1v) is 10.4. The number of pyridine rings is 1.